The van der Waals surface area contributed by atoms with Crippen molar-refractivity contribution in [2.45, 2.75) is 17.4 Å². The van der Waals surface area contributed by atoms with Crippen LogP contribution in [0.25, 0.3) is 0 Å². The summed E-state index contributed by atoms with van der Waals surface area (Å²) < 4.78 is 27.7. The van der Waals surface area contributed by atoms with Gasteiger partial charge in [-0.1, -0.05) is 6.07 Å². The van der Waals surface area contributed by atoms with Crippen LogP contribution < -0.4 is 15.6 Å². The van der Waals surface area contributed by atoms with Gasteiger partial charge in [-0.05, 0) is 24.1 Å². The molecule has 96 valence electrons. The van der Waals surface area contributed by atoms with Gasteiger partial charge in [-0.25, -0.2) is 13.6 Å². The molecule has 0 unspecified atom stereocenters. The number of hydrogen-bond acceptors (Lipinski definition) is 4. The fraction of sp³-hybridized carbons (Fsp3) is 0.400. The summed E-state index contributed by atoms with van der Waals surface area (Å²) >= 11 is 5.60. The Hall–Kier alpha value is -0.820. The monoisotopic (exact) mass is 278 g/mol. The first-order valence-electron chi connectivity index (χ1n) is 4.89. The zero-order valence-electron chi connectivity index (χ0n) is 9.39. The lowest BCUT2D eigenvalue weighted by Gasteiger charge is -2.11. The highest BCUT2D eigenvalue weighted by Gasteiger charge is 2.16. The van der Waals surface area contributed by atoms with Crippen molar-refractivity contribution < 1.29 is 13.2 Å². The highest BCUT2D eigenvalue weighted by molar-refractivity contribution is 7.89. The van der Waals surface area contributed by atoms with E-state index in [4.69, 9.17) is 27.2 Å². The first kappa shape index (κ1) is 14.2. The average molecular weight is 279 g/mol. The van der Waals surface area contributed by atoms with E-state index in [1.54, 1.807) is 12.1 Å². The SMILES string of the molecule is COc1ccc(C[C@H](N)CCl)cc1S(N)(=O)=O. The number of nitrogens with two attached hydrogens (primary N) is 2. The zero-order chi connectivity index (χ0) is 13.1. The second-order valence-electron chi connectivity index (χ2n) is 3.65. The highest BCUT2D eigenvalue weighted by atomic mass is 35.5. The highest BCUT2D eigenvalue weighted by Crippen LogP contribution is 2.24. The normalized spacial score (nSPS) is 13.4. The molecule has 17 heavy (non-hydrogen) atoms. The number of sulfonamides is 1. The molecule has 4 N–H and O–H groups in total. The number of ether oxygens (including phenoxy) is 1. The number of primary sulfonamides is 1. The summed E-state index contributed by atoms with van der Waals surface area (Å²) in [5, 5.41) is 5.10. The maximum absolute atomic E-state index is 11.4. The molecule has 0 aromatic heterocycles. The molecule has 7 heteroatoms. The second kappa shape index (κ2) is 5.68. The van der Waals surface area contributed by atoms with E-state index < -0.39 is 10.0 Å². The molecule has 1 aromatic carbocycles. The van der Waals surface area contributed by atoms with Crippen molar-refractivity contribution >= 4 is 21.6 Å². The van der Waals surface area contributed by atoms with Crippen molar-refractivity contribution in [3.8, 4) is 5.75 Å². The Morgan fingerprint density at radius 2 is 2.12 bits per heavy atom. The van der Waals surface area contributed by atoms with E-state index in [1.165, 1.54) is 13.2 Å². The third-order valence-electron chi connectivity index (χ3n) is 2.23. The van der Waals surface area contributed by atoms with Gasteiger partial charge in [-0.15, -0.1) is 11.6 Å². The van der Waals surface area contributed by atoms with Crippen molar-refractivity contribution in [2.75, 3.05) is 13.0 Å². The topological polar surface area (TPSA) is 95.4 Å². The van der Waals surface area contributed by atoms with Crippen LogP contribution in [0.15, 0.2) is 23.1 Å². The molecule has 0 saturated carbocycles. The Balaban J connectivity index is 3.14. The Morgan fingerprint density at radius 1 is 1.47 bits per heavy atom. The van der Waals surface area contributed by atoms with Gasteiger partial charge in [0, 0.05) is 11.9 Å². The Labute approximate surface area is 106 Å². The Kier molecular flexibility index (Phi) is 4.76. The van der Waals surface area contributed by atoms with E-state index in [0.29, 0.717) is 12.3 Å². The van der Waals surface area contributed by atoms with Gasteiger partial charge >= 0.3 is 0 Å². The lowest BCUT2D eigenvalue weighted by Crippen LogP contribution is -2.24. The van der Waals surface area contributed by atoms with Gasteiger partial charge in [0.15, 0.2) is 0 Å². The molecule has 0 radical (unpaired) electrons. The van der Waals surface area contributed by atoms with E-state index in [2.05, 4.69) is 0 Å². The molecule has 0 aliphatic rings. The lowest BCUT2D eigenvalue weighted by molar-refractivity contribution is 0.402. The minimum Gasteiger partial charge on any atom is -0.495 e. The van der Waals surface area contributed by atoms with E-state index in [0.717, 1.165) is 5.56 Å². The van der Waals surface area contributed by atoms with E-state index >= 15 is 0 Å². The molecular weight excluding hydrogens is 264 g/mol. The minimum absolute atomic E-state index is 0.0423. The molecule has 1 atom stereocenters. The zero-order valence-corrected chi connectivity index (χ0v) is 11.0. The largest absolute Gasteiger partial charge is 0.495 e. The summed E-state index contributed by atoms with van der Waals surface area (Å²) in [5.74, 6) is 0.521. The molecule has 5 nitrogen and oxygen atoms in total. The molecule has 0 spiro atoms. The summed E-state index contributed by atoms with van der Waals surface area (Å²) in [6.45, 7) is 0. The van der Waals surface area contributed by atoms with Gasteiger partial charge < -0.3 is 10.5 Å². The molecule has 0 aliphatic heterocycles. The number of benzene rings is 1. The predicted molar refractivity (Wildman–Crippen MR) is 66.8 cm³/mol. The summed E-state index contributed by atoms with van der Waals surface area (Å²) in [7, 11) is -2.43. The summed E-state index contributed by atoms with van der Waals surface area (Å²) in [4.78, 5) is -0.0423. The lowest BCUT2D eigenvalue weighted by atomic mass is 10.1. The predicted octanol–water partition coefficient (Wildman–Crippen LogP) is 0.451. The van der Waals surface area contributed by atoms with Crippen LogP contribution in [0.1, 0.15) is 5.56 Å². The van der Waals surface area contributed by atoms with Crippen LogP contribution in [0.3, 0.4) is 0 Å². The van der Waals surface area contributed by atoms with Gasteiger partial charge in [-0.3, -0.25) is 0 Å². The number of hydrogen-bond donors (Lipinski definition) is 2. The molecule has 0 heterocycles. The summed E-state index contributed by atoms with van der Waals surface area (Å²) in [6.07, 6.45) is 0.482. The average Bonchev–Trinajstić information content (AvgIpc) is 2.27. The number of methoxy groups -OCH3 is 1. The number of halogens is 1. The smallest absolute Gasteiger partial charge is 0.241 e. The van der Waals surface area contributed by atoms with Crippen molar-refractivity contribution in [1.82, 2.24) is 0 Å². The molecule has 0 bridgehead atoms. The first-order chi connectivity index (χ1) is 7.88. The van der Waals surface area contributed by atoms with Gasteiger partial charge in [0.2, 0.25) is 10.0 Å². The Bertz CT molecular complexity index is 490. The number of alkyl halides is 1. The molecule has 0 amide bonds. The molecule has 0 saturated heterocycles. The van der Waals surface area contributed by atoms with Crippen LogP contribution in [0, 0.1) is 0 Å². The molecule has 0 fully saturated rings. The van der Waals surface area contributed by atoms with Crippen LogP contribution in [-0.4, -0.2) is 27.4 Å². The third kappa shape index (κ3) is 3.85. The van der Waals surface area contributed by atoms with E-state index in [-0.39, 0.29) is 16.7 Å². The fourth-order valence-electron chi connectivity index (χ4n) is 1.43. The van der Waals surface area contributed by atoms with Gasteiger partial charge in [-0.2, -0.15) is 0 Å². The maximum Gasteiger partial charge on any atom is 0.241 e. The first-order valence-corrected chi connectivity index (χ1v) is 6.98. The van der Waals surface area contributed by atoms with Crippen molar-refractivity contribution in [2.24, 2.45) is 10.9 Å². The van der Waals surface area contributed by atoms with Gasteiger partial charge in [0.25, 0.3) is 0 Å². The molecule has 0 aliphatic carbocycles. The van der Waals surface area contributed by atoms with E-state index in [9.17, 15) is 8.42 Å². The van der Waals surface area contributed by atoms with Crippen molar-refractivity contribution in [1.29, 1.82) is 0 Å². The van der Waals surface area contributed by atoms with Gasteiger partial charge in [0.05, 0.1) is 7.11 Å². The minimum atomic E-state index is -3.81. The van der Waals surface area contributed by atoms with Crippen LogP contribution in [0.4, 0.5) is 0 Å². The molecular formula is C10H15ClN2O3S. The molecule has 1 rings (SSSR count). The van der Waals surface area contributed by atoms with Crippen molar-refractivity contribution in [3.05, 3.63) is 23.8 Å². The Morgan fingerprint density at radius 3 is 2.59 bits per heavy atom. The molecule has 1 aromatic rings. The summed E-state index contributed by atoms with van der Waals surface area (Å²) in [6, 6.07) is 4.52. The van der Waals surface area contributed by atoms with Crippen LogP contribution in [0.2, 0.25) is 0 Å². The van der Waals surface area contributed by atoms with Crippen molar-refractivity contribution in [3.63, 3.8) is 0 Å². The van der Waals surface area contributed by atoms with Crippen LogP contribution >= 0.6 is 11.6 Å². The number of rotatable bonds is 5. The van der Waals surface area contributed by atoms with Crippen LogP contribution in [-0.2, 0) is 16.4 Å². The fourth-order valence-corrected chi connectivity index (χ4v) is 2.28. The maximum atomic E-state index is 11.4. The quantitative estimate of drug-likeness (QED) is 0.765. The van der Waals surface area contributed by atoms with E-state index in [1.807, 2.05) is 0 Å². The third-order valence-corrected chi connectivity index (χ3v) is 3.56. The summed E-state index contributed by atoms with van der Waals surface area (Å²) in [5.41, 5.74) is 6.44. The van der Waals surface area contributed by atoms with Gasteiger partial charge in [0.1, 0.15) is 10.6 Å². The van der Waals surface area contributed by atoms with Crippen LogP contribution in [0.5, 0.6) is 5.75 Å². The standard InChI is InChI=1S/C10H15ClN2O3S/c1-16-9-3-2-7(4-8(12)6-11)5-10(9)17(13,14)15/h2-3,5,8H,4,6,12H2,1H3,(H2,13,14,15)/t8-/m0/s1. The second-order valence-corrected chi connectivity index (χ2v) is 5.49.